The maximum absolute atomic E-state index is 13.1. The van der Waals surface area contributed by atoms with Gasteiger partial charge in [-0.1, -0.05) is 92.2 Å². The van der Waals surface area contributed by atoms with Crippen molar-refractivity contribution in [2.75, 3.05) is 0 Å². The second-order valence-electron chi connectivity index (χ2n) is 7.65. The Bertz CT molecular complexity index is 991. The summed E-state index contributed by atoms with van der Waals surface area (Å²) in [6, 6.07) is 24.3. The second kappa shape index (κ2) is 8.49. The van der Waals surface area contributed by atoms with Crippen molar-refractivity contribution in [1.29, 1.82) is 0 Å². The average molecular weight is 410 g/mol. The van der Waals surface area contributed by atoms with Crippen molar-refractivity contribution in [3.05, 3.63) is 102 Å². The quantitative estimate of drug-likeness (QED) is 0.614. The molecule has 5 heteroatoms. The summed E-state index contributed by atoms with van der Waals surface area (Å²) in [5.74, 6) is -0.180. The first-order chi connectivity index (χ1) is 13.7. The highest BCUT2D eigenvalue weighted by molar-refractivity contribution is 7.89. The number of aryl methyl sites for hydroxylation is 1. The molecule has 2 N–H and O–H groups in total. The number of rotatable bonds is 7. The Morgan fingerprint density at radius 3 is 1.66 bits per heavy atom. The van der Waals surface area contributed by atoms with Crippen molar-refractivity contribution >= 4 is 10.0 Å². The molecule has 0 unspecified atom stereocenters. The monoisotopic (exact) mass is 409 g/mol. The van der Waals surface area contributed by atoms with Crippen LogP contribution < -0.4 is 4.72 Å². The molecule has 0 radical (unpaired) electrons. The van der Waals surface area contributed by atoms with Crippen molar-refractivity contribution in [1.82, 2.24) is 4.72 Å². The van der Waals surface area contributed by atoms with E-state index in [9.17, 15) is 13.5 Å². The SMILES string of the molecule is Cc1ccc(S(=O)(=O)N[C@@H](C(C)C)C(O)(c2ccccc2)c2ccccc2)cc1. The Morgan fingerprint density at radius 2 is 1.24 bits per heavy atom. The lowest BCUT2D eigenvalue weighted by Crippen LogP contribution is -2.54. The maximum atomic E-state index is 13.1. The number of hydrogen-bond acceptors (Lipinski definition) is 3. The van der Waals surface area contributed by atoms with Gasteiger partial charge in [0.05, 0.1) is 10.9 Å². The minimum atomic E-state index is -3.83. The van der Waals surface area contributed by atoms with Crippen LogP contribution in [0.1, 0.15) is 30.5 Å². The molecule has 1 atom stereocenters. The Balaban J connectivity index is 2.12. The smallest absolute Gasteiger partial charge is 0.240 e. The molecule has 0 fully saturated rings. The standard InChI is InChI=1S/C24H27NO3S/c1-18(2)23(25-29(27,28)22-16-14-19(3)15-17-22)24(26,20-10-6-4-7-11-20)21-12-8-5-9-13-21/h4-18,23,25-26H,1-3H3/t23-/m0/s1. The summed E-state index contributed by atoms with van der Waals surface area (Å²) >= 11 is 0. The van der Waals surface area contributed by atoms with Crippen LogP contribution in [0.3, 0.4) is 0 Å². The third-order valence-electron chi connectivity index (χ3n) is 5.16. The molecular formula is C24H27NO3S. The molecule has 152 valence electrons. The first-order valence-electron chi connectivity index (χ1n) is 9.67. The number of aliphatic hydroxyl groups is 1. The van der Waals surface area contributed by atoms with Crippen LogP contribution in [0.2, 0.25) is 0 Å². The van der Waals surface area contributed by atoms with E-state index in [-0.39, 0.29) is 10.8 Å². The molecule has 0 spiro atoms. The highest BCUT2D eigenvalue weighted by Gasteiger charge is 2.44. The van der Waals surface area contributed by atoms with Crippen LogP contribution in [0.4, 0.5) is 0 Å². The molecule has 0 heterocycles. The summed E-state index contributed by atoms with van der Waals surface area (Å²) in [6.07, 6.45) is 0. The molecule has 0 aliphatic heterocycles. The molecule has 0 saturated heterocycles. The lowest BCUT2D eigenvalue weighted by molar-refractivity contribution is 0.0284. The van der Waals surface area contributed by atoms with Gasteiger partial charge in [0.1, 0.15) is 5.60 Å². The van der Waals surface area contributed by atoms with E-state index in [1.165, 1.54) is 0 Å². The fourth-order valence-electron chi connectivity index (χ4n) is 3.57. The van der Waals surface area contributed by atoms with Gasteiger partial charge in [0.25, 0.3) is 0 Å². The van der Waals surface area contributed by atoms with Crippen LogP contribution in [0.5, 0.6) is 0 Å². The fourth-order valence-corrected chi connectivity index (χ4v) is 4.97. The predicted octanol–water partition coefficient (Wildman–Crippen LogP) is 4.23. The number of nitrogens with one attached hydrogen (secondary N) is 1. The van der Waals surface area contributed by atoms with E-state index in [1.807, 2.05) is 81.4 Å². The van der Waals surface area contributed by atoms with Crippen LogP contribution >= 0.6 is 0 Å². The van der Waals surface area contributed by atoms with Gasteiger partial charge in [-0.3, -0.25) is 0 Å². The van der Waals surface area contributed by atoms with Gasteiger partial charge in [-0.15, -0.1) is 0 Å². The van der Waals surface area contributed by atoms with Crippen LogP contribution in [-0.4, -0.2) is 19.6 Å². The van der Waals surface area contributed by atoms with Crippen LogP contribution in [-0.2, 0) is 15.6 Å². The molecule has 0 bridgehead atoms. The Morgan fingerprint density at radius 1 is 0.793 bits per heavy atom. The van der Waals surface area contributed by atoms with E-state index in [1.54, 1.807) is 24.3 Å². The normalized spacial score (nSPS) is 13.4. The highest BCUT2D eigenvalue weighted by atomic mass is 32.2. The molecular weight excluding hydrogens is 382 g/mol. The zero-order chi connectivity index (χ0) is 21.1. The highest BCUT2D eigenvalue weighted by Crippen LogP contribution is 2.36. The first kappa shape index (κ1) is 21.2. The zero-order valence-corrected chi connectivity index (χ0v) is 17.7. The van der Waals surface area contributed by atoms with E-state index < -0.39 is 21.7 Å². The van der Waals surface area contributed by atoms with Crippen LogP contribution in [0.25, 0.3) is 0 Å². The molecule has 4 nitrogen and oxygen atoms in total. The Hall–Kier alpha value is -2.47. The van der Waals surface area contributed by atoms with Crippen molar-refractivity contribution in [2.24, 2.45) is 5.92 Å². The zero-order valence-electron chi connectivity index (χ0n) is 16.9. The summed E-state index contributed by atoms with van der Waals surface area (Å²) in [6.45, 7) is 5.71. The minimum Gasteiger partial charge on any atom is -0.379 e. The van der Waals surface area contributed by atoms with E-state index >= 15 is 0 Å². The molecule has 0 aliphatic carbocycles. The van der Waals surface area contributed by atoms with Gasteiger partial charge in [0.15, 0.2) is 0 Å². The fraction of sp³-hybridized carbons (Fsp3) is 0.250. The maximum Gasteiger partial charge on any atom is 0.240 e. The van der Waals surface area contributed by atoms with Gasteiger partial charge in [0.2, 0.25) is 10.0 Å². The Labute approximate surface area is 173 Å². The van der Waals surface area contributed by atoms with Gasteiger partial charge in [0, 0.05) is 0 Å². The third-order valence-corrected chi connectivity index (χ3v) is 6.61. The second-order valence-corrected chi connectivity index (χ2v) is 9.37. The molecule has 3 aromatic carbocycles. The van der Waals surface area contributed by atoms with Gasteiger partial charge >= 0.3 is 0 Å². The van der Waals surface area contributed by atoms with E-state index in [2.05, 4.69) is 4.72 Å². The van der Waals surface area contributed by atoms with Crippen LogP contribution in [0.15, 0.2) is 89.8 Å². The molecule has 0 amide bonds. The summed E-state index contributed by atoms with van der Waals surface area (Å²) in [5.41, 5.74) is 0.719. The summed E-state index contributed by atoms with van der Waals surface area (Å²) < 4.78 is 29.1. The Kier molecular flexibility index (Phi) is 6.22. The van der Waals surface area contributed by atoms with Crippen molar-refractivity contribution in [3.63, 3.8) is 0 Å². The molecule has 0 aromatic heterocycles. The number of hydrogen-bond donors (Lipinski definition) is 2. The molecule has 3 rings (SSSR count). The van der Waals surface area contributed by atoms with Crippen LogP contribution in [0, 0.1) is 12.8 Å². The topological polar surface area (TPSA) is 66.4 Å². The third kappa shape index (κ3) is 4.42. The largest absolute Gasteiger partial charge is 0.379 e. The lowest BCUT2D eigenvalue weighted by Gasteiger charge is -2.39. The van der Waals surface area contributed by atoms with Gasteiger partial charge in [-0.25, -0.2) is 13.1 Å². The molecule has 0 saturated carbocycles. The summed E-state index contributed by atoms with van der Waals surface area (Å²) in [4.78, 5) is 0.178. The van der Waals surface area contributed by atoms with E-state index in [0.29, 0.717) is 11.1 Å². The van der Waals surface area contributed by atoms with Gasteiger partial charge in [-0.2, -0.15) is 0 Å². The number of sulfonamides is 1. The lowest BCUT2D eigenvalue weighted by atomic mass is 9.76. The first-order valence-corrected chi connectivity index (χ1v) is 11.2. The molecule has 29 heavy (non-hydrogen) atoms. The van der Waals surface area contributed by atoms with E-state index in [4.69, 9.17) is 0 Å². The molecule has 3 aromatic rings. The average Bonchev–Trinajstić information content (AvgIpc) is 2.73. The summed E-state index contributed by atoms with van der Waals surface area (Å²) in [7, 11) is -3.83. The van der Waals surface area contributed by atoms with E-state index in [0.717, 1.165) is 5.56 Å². The van der Waals surface area contributed by atoms with Crippen molar-refractivity contribution < 1.29 is 13.5 Å². The summed E-state index contributed by atoms with van der Waals surface area (Å²) in [5, 5.41) is 12.0. The minimum absolute atomic E-state index is 0.178. The number of benzene rings is 3. The van der Waals surface area contributed by atoms with Gasteiger partial charge < -0.3 is 5.11 Å². The van der Waals surface area contributed by atoms with Crippen molar-refractivity contribution in [3.8, 4) is 0 Å². The van der Waals surface area contributed by atoms with Gasteiger partial charge in [-0.05, 0) is 36.1 Å². The predicted molar refractivity (Wildman–Crippen MR) is 116 cm³/mol. The molecule has 0 aliphatic rings. The van der Waals surface area contributed by atoms with Crippen molar-refractivity contribution in [2.45, 2.75) is 37.3 Å².